The van der Waals surface area contributed by atoms with Crippen LogP contribution in [0.15, 0.2) is 18.3 Å². The molecule has 1 atom stereocenters. The molecule has 18 heavy (non-hydrogen) atoms. The summed E-state index contributed by atoms with van der Waals surface area (Å²) in [5, 5.41) is 3.54. The van der Waals surface area contributed by atoms with Crippen LogP contribution in [0.25, 0.3) is 0 Å². The van der Waals surface area contributed by atoms with E-state index in [1.807, 2.05) is 28.8 Å². The fourth-order valence-electron chi connectivity index (χ4n) is 2.10. The SMILES string of the molecule is CCC1CN(C(=O)c2cccnc2NC)CCS1. The van der Waals surface area contributed by atoms with Gasteiger partial charge < -0.3 is 10.2 Å². The maximum Gasteiger partial charge on any atom is 0.257 e. The van der Waals surface area contributed by atoms with E-state index in [-0.39, 0.29) is 5.91 Å². The first kappa shape index (κ1) is 13.2. The maximum atomic E-state index is 12.5. The number of nitrogens with one attached hydrogen (secondary N) is 1. The number of aromatic nitrogens is 1. The average Bonchev–Trinajstić information content (AvgIpc) is 2.46. The van der Waals surface area contributed by atoms with E-state index >= 15 is 0 Å². The molecule has 1 unspecified atom stereocenters. The van der Waals surface area contributed by atoms with Crippen molar-refractivity contribution in [3.05, 3.63) is 23.9 Å². The zero-order valence-corrected chi connectivity index (χ0v) is 11.7. The minimum absolute atomic E-state index is 0.0891. The molecule has 1 saturated heterocycles. The zero-order chi connectivity index (χ0) is 13.0. The lowest BCUT2D eigenvalue weighted by atomic mass is 10.2. The molecular formula is C13H19N3OS. The lowest BCUT2D eigenvalue weighted by molar-refractivity contribution is 0.0761. The molecule has 1 aromatic heterocycles. The Morgan fingerprint density at radius 1 is 1.67 bits per heavy atom. The highest BCUT2D eigenvalue weighted by molar-refractivity contribution is 8.00. The number of amides is 1. The predicted molar refractivity (Wildman–Crippen MR) is 76.2 cm³/mol. The Morgan fingerprint density at radius 2 is 2.50 bits per heavy atom. The van der Waals surface area contributed by atoms with Crippen LogP contribution in [0.1, 0.15) is 23.7 Å². The average molecular weight is 265 g/mol. The van der Waals surface area contributed by atoms with Gasteiger partial charge in [0.2, 0.25) is 0 Å². The van der Waals surface area contributed by atoms with E-state index in [9.17, 15) is 4.79 Å². The van der Waals surface area contributed by atoms with Crippen LogP contribution < -0.4 is 5.32 Å². The molecule has 1 fully saturated rings. The third-order valence-corrected chi connectivity index (χ3v) is 4.53. The van der Waals surface area contributed by atoms with E-state index < -0.39 is 0 Å². The molecule has 1 N–H and O–H groups in total. The van der Waals surface area contributed by atoms with Crippen LogP contribution in [0.5, 0.6) is 0 Å². The third-order valence-electron chi connectivity index (χ3n) is 3.16. The van der Waals surface area contributed by atoms with Gasteiger partial charge in [0.05, 0.1) is 5.56 Å². The summed E-state index contributed by atoms with van der Waals surface area (Å²) in [6.07, 6.45) is 2.81. The molecule has 0 aromatic carbocycles. The van der Waals surface area contributed by atoms with E-state index in [4.69, 9.17) is 0 Å². The third kappa shape index (κ3) is 2.77. The highest BCUT2D eigenvalue weighted by atomic mass is 32.2. The van der Waals surface area contributed by atoms with Crippen molar-refractivity contribution in [3.8, 4) is 0 Å². The second-order valence-electron chi connectivity index (χ2n) is 4.30. The molecule has 4 nitrogen and oxygen atoms in total. The van der Waals surface area contributed by atoms with Gasteiger partial charge in [-0.15, -0.1) is 0 Å². The van der Waals surface area contributed by atoms with Crippen molar-refractivity contribution in [1.82, 2.24) is 9.88 Å². The molecule has 1 amide bonds. The number of thioether (sulfide) groups is 1. The smallest absolute Gasteiger partial charge is 0.257 e. The van der Waals surface area contributed by atoms with Crippen molar-refractivity contribution in [2.45, 2.75) is 18.6 Å². The van der Waals surface area contributed by atoms with Gasteiger partial charge >= 0.3 is 0 Å². The Hall–Kier alpha value is -1.23. The number of pyridine rings is 1. The van der Waals surface area contributed by atoms with Crippen molar-refractivity contribution < 1.29 is 4.79 Å². The summed E-state index contributed by atoms with van der Waals surface area (Å²) < 4.78 is 0. The summed E-state index contributed by atoms with van der Waals surface area (Å²) in [5.41, 5.74) is 0.668. The van der Waals surface area contributed by atoms with Crippen molar-refractivity contribution in [3.63, 3.8) is 0 Å². The minimum atomic E-state index is 0.0891. The number of carbonyl (C=O) groups is 1. The molecule has 2 rings (SSSR count). The summed E-state index contributed by atoms with van der Waals surface area (Å²) in [5.74, 6) is 1.78. The van der Waals surface area contributed by atoms with Gasteiger partial charge in [0, 0.05) is 37.3 Å². The van der Waals surface area contributed by atoms with Gasteiger partial charge in [-0.25, -0.2) is 4.98 Å². The second kappa shape index (κ2) is 6.09. The van der Waals surface area contributed by atoms with E-state index in [0.29, 0.717) is 16.6 Å². The van der Waals surface area contributed by atoms with Crippen LogP contribution in [0, 0.1) is 0 Å². The van der Waals surface area contributed by atoms with E-state index in [2.05, 4.69) is 17.2 Å². The number of carbonyl (C=O) groups excluding carboxylic acids is 1. The zero-order valence-electron chi connectivity index (χ0n) is 10.8. The summed E-state index contributed by atoms with van der Waals surface area (Å²) in [6, 6.07) is 3.65. The molecule has 1 aromatic rings. The van der Waals surface area contributed by atoms with Gasteiger partial charge in [-0.2, -0.15) is 11.8 Å². The second-order valence-corrected chi connectivity index (χ2v) is 5.71. The molecule has 5 heteroatoms. The first-order valence-electron chi connectivity index (χ1n) is 6.30. The van der Waals surface area contributed by atoms with Gasteiger partial charge in [-0.05, 0) is 18.6 Å². The molecule has 0 spiro atoms. The number of nitrogens with zero attached hydrogens (tertiary/aromatic N) is 2. The number of hydrogen-bond donors (Lipinski definition) is 1. The van der Waals surface area contributed by atoms with Crippen LogP contribution in [0.2, 0.25) is 0 Å². The largest absolute Gasteiger partial charge is 0.372 e. The van der Waals surface area contributed by atoms with Gasteiger partial charge in [0.1, 0.15) is 5.82 Å². The Bertz CT molecular complexity index is 424. The number of anilines is 1. The van der Waals surface area contributed by atoms with Crippen LogP contribution in [-0.2, 0) is 0 Å². The van der Waals surface area contributed by atoms with Crippen molar-refractivity contribution in [2.75, 3.05) is 31.2 Å². The molecular weight excluding hydrogens is 246 g/mol. The summed E-state index contributed by atoms with van der Waals surface area (Å²) in [7, 11) is 1.79. The molecule has 98 valence electrons. The van der Waals surface area contributed by atoms with E-state index in [1.165, 1.54) is 0 Å². The molecule has 0 saturated carbocycles. The Balaban J connectivity index is 2.15. The molecule has 0 bridgehead atoms. The van der Waals surface area contributed by atoms with Gasteiger partial charge in [-0.3, -0.25) is 4.79 Å². The fourth-order valence-corrected chi connectivity index (χ4v) is 3.28. The van der Waals surface area contributed by atoms with Gasteiger partial charge in [0.25, 0.3) is 5.91 Å². The van der Waals surface area contributed by atoms with Crippen molar-refractivity contribution in [1.29, 1.82) is 0 Å². The molecule has 0 radical (unpaired) electrons. The summed E-state index contributed by atoms with van der Waals surface area (Å²) >= 11 is 1.96. The van der Waals surface area contributed by atoms with E-state index in [1.54, 1.807) is 13.2 Å². The standard InChI is InChI=1S/C13H19N3OS/c1-3-10-9-16(7-8-18-10)13(17)11-5-4-6-15-12(11)14-2/h4-6,10H,3,7-9H2,1-2H3,(H,14,15). The fraction of sp³-hybridized carbons (Fsp3) is 0.538. The normalized spacial score (nSPS) is 19.7. The number of rotatable bonds is 3. The van der Waals surface area contributed by atoms with Crippen molar-refractivity contribution >= 4 is 23.5 Å². The van der Waals surface area contributed by atoms with Crippen LogP contribution >= 0.6 is 11.8 Å². The van der Waals surface area contributed by atoms with Crippen molar-refractivity contribution in [2.24, 2.45) is 0 Å². The van der Waals surface area contributed by atoms with Crippen LogP contribution in [0.3, 0.4) is 0 Å². The monoisotopic (exact) mass is 265 g/mol. The molecule has 1 aliphatic rings. The first-order valence-corrected chi connectivity index (χ1v) is 7.34. The minimum Gasteiger partial charge on any atom is -0.372 e. The predicted octanol–water partition coefficient (Wildman–Crippen LogP) is 2.09. The Kier molecular flexibility index (Phi) is 4.47. The van der Waals surface area contributed by atoms with Crippen LogP contribution in [0.4, 0.5) is 5.82 Å². The van der Waals surface area contributed by atoms with Gasteiger partial charge in [-0.1, -0.05) is 6.92 Å². The lowest BCUT2D eigenvalue weighted by Gasteiger charge is -2.32. The highest BCUT2D eigenvalue weighted by Crippen LogP contribution is 2.23. The highest BCUT2D eigenvalue weighted by Gasteiger charge is 2.25. The Morgan fingerprint density at radius 3 is 3.22 bits per heavy atom. The first-order chi connectivity index (χ1) is 8.76. The molecule has 2 heterocycles. The lowest BCUT2D eigenvalue weighted by Crippen LogP contribution is -2.42. The summed E-state index contributed by atoms with van der Waals surface area (Å²) in [4.78, 5) is 18.6. The maximum absolute atomic E-state index is 12.5. The number of hydrogen-bond acceptors (Lipinski definition) is 4. The quantitative estimate of drug-likeness (QED) is 0.909. The van der Waals surface area contributed by atoms with Crippen LogP contribution in [-0.4, -0.2) is 46.9 Å². The summed E-state index contributed by atoms with van der Waals surface area (Å²) in [6.45, 7) is 3.85. The topological polar surface area (TPSA) is 45.2 Å². The Labute approximate surface area is 112 Å². The molecule has 1 aliphatic heterocycles. The van der Waals surface area contributed by atoms with Gasteiger partial charge in [0.15, 0.2) is 0 Å². The van der Waals surface area contributed by atoms with E-state index in [0.717, 1.165) is 25.3 Å². The molecule has 0 aliphatic carbocycles.